The molecular weight excluding hydrogens is 340 g/mol. The zero-order chi connectivity index (χ0) is 19.0. The largest absolute Gasteiger partial charge is 0.508 e. The summed E-state index contributed by atoms with van der Waals surface area (Å²) in [4.78, 5) is 24.0. The minimum atomic E-state index is -1.28. The fourth-order valence-electron chi connectivity index (χ4n) is 2.83. The van der Waals surface area contributed by atoms with Crippen LogP contribution in [0.2, 0.25) is 0 Å². The van der Waals surface area contributed by atoms with Gasteiger partial charge in [-0.2, -0.15) is 0 Å². The molecule has 0 aliphatic carbocycles. The topological polar surface area (TPSA) is 124 Å². The maximum absolute atomic E-state index is 12.3. The van der Waals surface area contributed by atoms with Crippen LogP contribution >= 0.6 is 0 Å². The van der Waals surface area contributed by atoms with Gasteiger partial charge < -0.3 is 25.2 Å². The van der Waals surface area contributed by atoms with Crippen molar-refractivity contribution in [2.75, 3.05) is 0 Å². The summed E-state index contributed by atoms with van der Waals surface area (Å²) in [5, 5.41) is 38.4. The Hall–Kier alpha value is -3.48. The number of hydrogen-bond acceptors (Lipinski definition) is 6. The van der Waals surface area contributed by atoms with Crippen molar-refractivity contribution in [2.45, 2.75) is 13.0 Å². The summed E-state index contributed by atoms with van der Waals surface area (Å²) in [5.41, 5.74) is 1.23. The van der Waals surface area contributed by atoms with Crippen LogP contribution in [-0.2, 0) is 14.3 Å². The van der Waals surface area contributed by atoms with Crippen LogP contribution in [0.5, 0.6) is 17.2 Å². The van der Waals surface area contributed by atoms with Crippen molar-refractivity contribution >= 4 is 18.0 Å². The Bertz CT molecular complexity index is 929. The number of carboxylic acid groups (broad SMARTS) is 1. The quantitative estimate of drug-likeness (QED) is 0.378. The highest BCUT2D eigenvalue weighted by molar-refractivity contribution is 6.02. The number of rotatable bonds is 3. The summed E-state index contributed by atoms with van der Waals surface area (Å²) in [5.74, 6) is -4.07. The normalized spacial score (nSPS) is 21.0. The Kier molecular flexibility index (Phi) is 4.29. The highest BCUT2D eigenvalue weighted by Crippen LogP contribution is 2.41. The Morgan fingerprint density at radius 3 is 2.38 bits per heavy atom. The summed E-state index contributed by atoms with van der Waals surface area (Å²) in [6.45, 7) is 1.69. The van der Waals surface area contributed by atoms with Crippen molar-refractivity contribution in [1.82, 2.24) is 0 Å². The van der Waals surface area contributed by atoms with E-state index in [0.29, 0.717) is 16.7 Å². The van der Waals surface area contributed by atoms with Crippen LogP contribution in [0.15, 0.2) is 42.0 Å². The van der Waals surface area contributed by atoms with Gasteiger partial charge in [-0.25, -0.2) is 4.79 Å². The molecule has 7 nitrogen and oxygen atoms in total. The zero-order valence-corrected chi connectivity index (χ0v) is 13.7. The molecule has 26 heavy (non-hydrogen) atoms. The number of carbonyl (C=O) groups excluding carboxylic acids is 1. The molecule has 1 heterocycles. The molecule has 0 bridgehead atoms. The molecule has 1 aliphatic heterocycles. The number of esters is 1. The second-order valence-corrected chi connectivity index (χ2v) is 6.04. The predicted molar refractivity (Wildman–Crippen MR) is 90.6 cm³/mol. The van der Waals surface area contributed by atoms with Gasteiger partial charge in [0.15, 0.2) is 11.5 Å². The van der Waals surface area contributed by atoms with Gasteiger partial charge in [0.25, 0.3) is 0 Å². The third-order valence-corrected chi connectivity index (χ3v) is 4.26. The van der Waals surface area contributed by atoms with E-state index in [-0.39, 0.29) is 17.1 Å². The van der Waals surface area contributed by atoms with E-state index in [0.717, 1.165) is 0 Å². The first-order chi connectivity index (χ1) is 12.3. The van der Waals surface area contributed by atoms with Gasteiger partial charge in [-0.15, -0.1) is 0 Å². The summed E-state index contributed by atoms with van der Waals surface area (Å²) >= 11 is 0. The van der Waals surface area contributed by atoms with Crippen LogP contribution in [0, 0.1) is 12.8 Å². The number of hydrogen-bond donors (Lipinski definition) is 4. The molecule has 1 saturated heterocycles. The Morgan fingerprint density at radius 1 is 1.04 bits per heavy atom. The van der Waals surface area contributed by atoms with E-state index >= 15 is 0 Å². The van der Waals surface area contributed by atoms with Crippen LogP contribution < -0.4 is 0 Å². The predicted octanol–water partition coefficient (Wildman–Crippen LogP) is 2.49. The van der Waals surface area contributed by atoms with Gasteiger partial charge in [0.1, 0.15) is 17.8 Å². The van der Waals surface area contributed by atoms with Crippen LogP contribution in [0.25, 0.3) is 6.08 Å². The fraction of sp³-hybridized carbons (Fsp3) is 0.158. The highest BCUT2D eigenvalue weighted by atomic mass is 16.6. The lowest BCUT2D eigenvalue weighted by Crippen LogP contribution is -2.19. The molecule has 0 amide bonds. The van der Waals surface area contributed by atoms with Crippen LogP contribution in [0.1, 0.15) is 22.8 Å². The smallest absolute Gasteiger partial charge is 0.335 e. The monoisotopic (exact) mass is 356 g/mol. The highest BCUT2D eigenvalue weighted by Gasteiger charge is 2.45. The van der Waals surface area contributed by atoms with E-state index in [9.17, 15) is 30.0 Å². The van der Waals surface area contributed by atoms with E-state index in [1.807, 2.05) is 0 Å². The molecule has 2 aromatic rings. The molecule has 1 aliphatic rings. The summed E-state index contributed by atoms with van der Waals surface area (Å²) in [6.07, 6.45) is 0.220. The van der Waals surface area contributed by atoms with Gasteiger partial charge in [0.05, 0.1) is 5.57 Å². The van der Waals surface area contributed by atoms with Gasteiger partial charge >= 0.3 is 11.9 Å². The number of cyclic esters (lactones) is 1. The van der Waals surface area contributed by atoms with E-state index in [2.05, 4.69) is 0 Å². The van der Waals surface area contributed by atoms with Crippen molar-refractivity contribution in [3.63, 3.8) is 0 Å². The van der Waals surface area contributed by atoms with Crippen molar-refractivity contribution in [2.24, 2.45) is 5.92 Å². The molecule has 4 N–H and O–H groups in total. The Labute approximate surface area is 148 Å². The second kappa shape index (κ2) is 6.44. The molecule has 0 radical (unpaired) electrons. The first kappa shape index (κ1) is 17.3. The lowest BCUT2D eigenvalue weighted by Gasteiger charge is -2.15. The second-order valence-electron chi connectivity index (χ2n) is 6.04. The first-order valence-corrected chi connectivity index (χ1v) is 7.75. The standard InChI is InChI=1S/C19H16O7/c1-9-2-4-11(8-14(9)21)17-16(18(23)24)12(19(25)26-17)6-10-3-5-13(20)15(22)7-10/h2-8,16-17,20-22H,1H3,(H,23,24)/b12-6-. The van der Waals surface area contributed by atoms with Gasteiger partial charge in [-0.05, 0) is 47.9 Å². The zero-order valence-electron chi connectivity index (χ0n) is 13.7. The lowest BCUT2D eigenvalue weighted by molar-refractivity contribution is -0.144. The number of carbonyl (C=O) groups is 2. The number of aromatic hydroxyl groups is 3. The third kappa shape index (κ3) is 3.06. The number of aryl methyl sites for hydroxylation is 1. The van der Waals surface area contributed by atoms with E-state index < -0.39 is 29.7 Å². The maximum Gasteiger partial charge on any atom is 0.335 e. The number of ether oxygens (including phenoxy) is 1. The van der Waals surface area contributed by atoms with Gasteiger partial charge in [0.2, 0.25) is 0 Å². The van der Waals surface area contributed by atoms with Crippen LogP contribution in [0.4, 0.5) is 0 Å². The number of phenols is 3. The summed E-state index contributed by atoms with van der Waals surface area (Å²) in [6, 6.07) is 8.44. The van der Waals surface area contributed by atoms with E-state index in [1.54, 1.807) is 19.1 Å². The lowest BCUT2D eigenvalue weighted by atomic mass is 9.90. The van der Waals surface area contributed by atoms with Crippen molar-refractivity contribution in [3.05, 3.63) is 58.7 Å². The average molecular weight is 356 g/mol. The molecular formula is C19H16O7. The molecule has 0 saturated carbocycles. The molecule has 134 valence electrons. The number of aliphatic carboxylic acids is 1. The first-order valence-electron chi connectivity index (χ1n) is 7.75. The van der Waals surface area contributed by atoms with Gasteiger partial charge in [-0.3, -0.25) is 4.79 Å². The summed E-state index contributed by atoms with van der Waals surface area (Å²) < 4.78 is 5.24. The fourth-order valence-corrected chi connectivity index (χ4v) is 2.83. The number of carboxylic acids is 1. The molecule has 3 rings (SSSR count). The molecule has 1 fully saturated rings. The van der Waals surface area contributed by atoms with E-state index in [4.69, 9.17) is 4.74 Å². The Balaban J connectivity index is 2.04. The Morgan fingerprint density at radius 2 is 1.77 bits per heavy atom. The molecule has 2 unspecified atom stereocenters. The van der Waals surface area contributed by atoms with Crippen LogP contribution in [-0.4, -0.2) is 32.4 Å². The molecule has 2 aromatic carbocycles. The summed E-state index contributed by atoms with van der Waals surface area (Å²) in [7, 11) is 0. The molecule has 0 spiro atoms. The van der Waals surface area contributed by atoms with Gasteiger partial charge in [0, 0.05) is 0 Å². The van der Waals surface area contributed by atoms with Crippen molar-refractivity contribution in [1.29, 1.82) is 0 Å². The van der Waals surface area contributed by atoms with Crippen molar-refractivity contribution in [3.8, 4) is 17.2 Å². The molecule has 0 aromatic heterocycles. The van der Waals surface area contributed by atoms with E-state index in [1.165, 1.54) is 30.3 Å². The SMILES string of the molecule is Cc1ccc(C2OC(=O)/C(=C\c3ccc(O)c(O)c3)C2C(=O)O)cc1O. The minimum absolute atomic E-state index is 0.0245. The average Bonchev–Trinajstić information content (AvgIpc) is 2.90. The molecule has 2 atom stereocenters. The number of benzene rings is 2. The number of phenolic OH excluding ortho intramolecular Hbond substituents is 3. The third-order valence-electron chi connectivity index (χ3n) is 4.26. The molecule has 7 heteroatoms. The maximum atomic E-state index is 12.3. The van der Waals surface area contributed by atoms with Crippen LogP contribution in [0.3, 0.4) is 0 Å². The minimum Gasteiger partial charge on any atom is -0.508 e. The van der Waals surface area contributed by atoms with Gasteiger partial charge in [-0.1, -0.05) is 18.2 Å². The van der Waals surface area contributed by atoms with Crippen molar-refractivity contribution < 1.29 is 34.8 Å².